The number of hydrogen-bond donors (Lipinski definition) is 2. The number of nitrogens with one attached hydrogen (secondary N) is 2. The normalized spacial score (nSPS) is 11.2. The van der Waals surface area contributed by atoms with Crippen molar-refractivity contribution in [3.63, 3.8) is 0 Å². The molecule has 0 saturated carbocycles. The van der Waals surface area contributed by atoms with E-state index in [2.05, 4.69) is 85.1 Å². The van der Waals surface area contributed by atoms with E-state index >= 15 is 0 Å². The Morgan fingerprint density at radius 2 is 1.62 bits per heavy atom. The molecule has 0 heterocycles. The van der Waals surface area contributed by atoms with Crippen LogP contribution in [0, 0.1) is 0 Å². The molecule has 0 aliphatic heterocycles. The van der Waals surface area contributed by atoms with Gasteiger partial charge in [-0.3, -0.25) is 0 Å². The van der Waals surface area contributed by atoms with E-state index in [0.29, 0.717) is 6.54 Å². The zero-order valence-electron chi connectivity index (χ0n) is 16.0. The van der Waals surface area contributed by atoms with Gasteiger partial charge in [0.05, 0.1) is 6.54 Å². The SMILES string of the molecule is CCNC(=NCc1cccc(CN(C)C)c1)NCCc1ccccc1.I. The van der Waals surface area contributed by atoms with Crippen LogP contribution in [0.15, 0.2) is 59.6 Å². The van der Waals surface area contributed by atoms with Gasteiger partial charge in [-0.25, -0.2) is 4.99 Å². The van der Waals surface area contributed by atoms with Gasteiger partial charge in [0.15, 0.2) is 5.96 Å². The monoisotopic (exact) mass is 466 g/mol. The van der Waals surface area contributed by atoms with Crippen molar-refractivity contribution in [2.75, 3.05) is 27.2 Å². The molecule has 0 spiro atoms. The molecular weight excluding hydrogens is 435 g/mol. The van der Waals surface area contributed by atoms with Crippen LogP contribution in [0.3, 0.4) is 0 Å². The Bertz CT molecular complexity index is 656. The van der Waals surface area contributed by atoms with Gasteiger partial charge in [0.1, 0.15) is 0 Å². The van der Waals surface area contributed by atoms with Crippen LogP contribution < -0.4 is 10.6 Å². The Kier molecular flexibility index (Phi) is 11.0. The lowest BCUT2D eigenvalue weighted by atomic mass is 10.1. The van der Waals surface area contributed by atoms with Gasteiger partial charge in [0.2, 0.25) is 0 Å². The van der Waals surface area contributed by atoms with Crippen molar-refractivity contribution >= 4 is 29.9 Å². The predicted molar refractivity (Wildman–Crippen MR) is 122 cm³/mol. The molecule has 0 amide bonds. The van der Waals surface area contributed by atoms with E-state index in [-0.39, 0.29) is 24.0 Å². The summed E-state index contributed by atoms with van der Waals surface area (Å²) in [7, 11) is 4.18. The molecule has 0 aliphatic rings. The molecule has 0 unspecified atom stereocenters. The van der Waals surface area contributed by atoms with Gasteiger partial charge in [-0.1, -0.05) is 54.6 Å². The lowest BCUT2D eigenvalue weighted by Gasteiger charge is -2.12. The summed E-state index contributed by atoms with van der Waals surface area (Å²) in [6.07, 6.45) is 0.990. The third-order valence-corrected chi connectivity index (χ3v) is 3.80. The van der Waals surface area contributed by atoms with E-state index in [1.165, 1.54) is 16.7 Å². The first-order valence-corrected chi connectivity index (χ1v) is 8.96. The summed E-state index contributed by atoms with van der Waals surface area (Å²) in [6.45, 7) is 5.45. The van der Waals surface area contributed by atoms with Crippen molar-refractivity contribution in [3.05, 3.63) is 71.3 Å². The summed E-state index contributed by atoms with van der Waals surface area (Å²) in [4.78, 5) is 6.89. The Hall–Kier alpha value is -1.60. The summed E-state index contributed by atoms with van der Waals surface area (Å²) < 4.78 is 0. The highest BCUT2D eigenvalue weighted by molar-refractivity contribution is 14.0. The average Bonchev–Trinajstić information content (AvgIpc) is 2.60. The summed E-state index contributed by atoms with van der Waals surface area (Å²) in [5.41, 5.74) is 3.89. The number of nitrogens with zero attached hydrogens (tertiary/aromatic N) is 2. The van der Waals surface area contributed by atoms with E-state index in [9.17, 15) is 0 Å². The van der Waals surface area contributed by atoms with E-state index < -0.39 is 0 Å². The van der Waals surface area contributed by atoms with Crippen LogP contribution in [0.25, 0.3) is 0 Å². The molecule has 0 radical (unpaired) electrons. The molecular formula is C21H31IN4. The van der Waals surface area contributed by atoms with Crippen LogP contribution in [0.4, 0.5) is 0 Å². The minimum atomic E-state index is 0. The van der Waals surface area contributed by atoms with Crippen molar-refractivity contribution in [1.82, 2.24) is 15.5 Å². The Balaban J connectivity index is 0.00000338. The average molecular weight is 466 g/mol. The molecule has 4 nitrogen and oxygen atoms in total. The second-order valence-corrected chi connectivity index (χ2v) is 6.42. The van der Waals surface area contributed by atoms with E-state index in [1.54, 1.807) is 0 Å². The van der Waals surface area contributed by atoms with E-state index in [4.69, 9.17) is 4.99 Å². The molecule has 2 N–H and O–H groups in total. The van der Waals surface area contributed by atoms with Crippen molar-refractivity contribution < 1.29 is 0 Å². The van der Waals surface area contributed by atoms with Gasteiger partial charge in [-0.15, -0.1) is 24.0 Å². The fourth-order valence-electron chi connectivity index (χ4n) is 2.67. The van der Waals surface area contributed by atoms with Gasteiger partial charge >= 0.3 is 0 Å². The maximum Gasteiger partial charge on any atom is 0.191 e. The second kappa shape index (κ2) is 12.7. The Morgan fingerprint density at radius 1 is 0.923 bits per heavy atom. The summed E-state index contributed by atoms with van der Waals surface area (Å²) in [6, 6.07) is 19.2. The lowest BCUT2D eigenvalue weighted by Crippen LogP contribution is -2.38. The summed E-state index contributed by atoms with van der Waals surface area (Å²) in [5.74, 6) is 0.872. The molecule has 26 heavy (non-hydrogen) atoms. The summed E-state index contributed by atoms with van der Waals surface area (Å²) >= 11 is 0. The lowest BCUT2D eigenvalue weighted by molar-refractivity contribution is 0.402. The number of benzene rings is 2. The second-order valence-electron chi connectivity index (χ2n) is 6.42. The third-order valence-electron chi connectivity index (χ3n) is 3.80. The maximum atomic E-state index is 4.72. The molecule has 2 aromatic carbocycles. The standard InChI is InChI=1S/C21H30N4.HI/c1-4-22-21(23-14-13-18-9-6-5-7-10-18)24-16-19-11-8-12-20(15-19)17-25(2)3;/h5-12,15H,4,13-14,16-17H2,1-3H3,(H2,22,23,24);1H. The quantitative estimate of drug-likeness (QED) is 0.355. The number of aliphatic imine (C=N–C) groups is 1. The topological polar surface area (TPSA) is 39.7 Å². The number of halogens is 1. The zero-order valence-corrected chi connectivity index (χ0v) is 18.4. The molecule has 2 rings (SSSR count). The molecule has 142 valence electrons. The minimum Gasteiger partial charge on any atom is -0.357 e. The highest BCUT2D eigenvalue weighted by Gasteiger charge is 2.00. The van der Waals surface area contributed by atoms with Crippen molar-refractivity contribution in [1.29, 1.82) is 0 Å². The number of guanidine groups is 1. The van der Waals surface area contributed by atoms with Crippen molar-refractivity contribution in [2.45, 2.75) is 26.4 Å². The van der Waals surface area contributed by atoms with Crippen LogP contribution in [0.1, 0.15) is 23.6 Å². The van der Waals surface area contributed by atoms with Crippen LogP contribution in [0.2, 0.25) is 0 Å². The fourth-order valence-corrected chi connectivity index (χ4v) is 2.67. The van der Waals surface area contributed by atoms with Gasteiger partial charge in [-0.2, -0.15) is 0 Å². The fraction of sp³-hybridized carbons (Fsp3) is 0.381. The smallest absolute Gasteiger partial charge is 0.191 e. The highest BCUT2D eigenvalue weighted by Crippen LogP contribution is 2.08. The number of hydrogen-bond acceptors (Lipinski definition) is 2. The molecule has 0 bridgehead atoms. The van der Waals surface area contributed by atoms with Crippen LogP contribution in [0.5, 0.6) is 0 Å². The van der Waals surface area contributed by atoms with E-state index in [0.717, 1.165) is 32.0 Å². The van der Waals surface area contributed by atoms with Crippen LogP contribution in [-0.4, -0.2) is 38.0 Å². The molecule has 0 fully saturated rings. The third kappa shape index (κ3) is 8.67. The molecule has 2 aromatic rings. The zero-order chi connectivity index (χ0) is 17.9. The van der Waals surface area contributed by atoms with Crippen LogP contribution in [-0.2, 0) is 19.5 Å². The van der Waals surface area contributed by atoms with Gasteiger partial charge in [0, 0.05) is 19.6 Å². The van der Waals surface area contributed by atoms with Gasteiger partial charge in [0.25, 0.3) is 0 Å². The largest absolute Gasteiger partial charge is 0.357 e. The first-order valence-electron chi connectivity index (χ1n) is 8.96. The molecule has 0 aromatic heterocycles. The van der Waals surface area contributed by atoms with Gasteiger partial charge in [-0.05, 0) is 44.1 Å². The molecule has 0 aliphatic carbocycles. The first-order chi connectivity index (χ1) is 12.2. The van der Waals surface area contributed by atoms with Crippen molar-refractivity contribution in [2.24, 2.45) is 4.99 Å². The Labute approximate surface area is 175 Å². The highest BCUT2D eigenvalue weighted by atomic mass is 127. The first kappa shape index (κ1) is 22.4. The number of rotatable bonds is 8. The summed E-state index contributed by atoms with van der Waals surface area (Å²) in [5, 5.41) is 6.73. The van der Waals surface area contributed by atoms with Crippen molar-refractivity contribution in [3.8, 4) is 0 Å². The molecule has 5 heteroatoms. The van der Waals surface area contributed by atoms with Crippen LogP contribution >= 0.6 is 24.0 Å². The minimum absolute atomic E-state index is 0. The Morgan fingerprint density at radius 3 is 2.31 bits per heavy atom. The van der Waals surface area contributed by atoms with E-state index in [1.807, 2.05) is 6.07 Å². The maximum absolute atomic E-state index is 4.72. The molecule has 0 atom stereocenters. The molecule has 0 saturated heterocycles. The van der Waals surface area contributed by atoms with Gasteiger partial charge < -0.3 is 15.5 Å². The predicted octanol–water partition coefficient (Wildman–Crippen LogP) is 3.66.